The number of aliphatic hydroxyl groups excluding tert-OH is 1. The Morgan fingerprint density at radius 2 is 1.95 bits per heavy atom. The van der Waals surface area contributed by atoms with Crippen LogP contribution >= 0.6 is 0 Å². The second-order valence-corrected chi connectivity index (χ2v) is 6.80. The monoisotopic (exact) mass is 303 g/mol. The maximum Gasteiger partial charge on any atom is 0.337 e. The van der Waals surface area contributed by atoms with Crippen LogP contribution < -0.4 is 0 Å². The highest BCUT2D eigenvalue weighted by Gasteiger charge is 2.22. The summed E-state index contributed by atoms with van der Waals surface area (Å²) >= 11 is 0. The fraction of sp³-hybridized carbons (Fsp3) is 0.500. The van der Waals surface area contributed by atoms with Gasteiger partial charge in [-0.15, -0.1) is 0 Å². The Bertz CT molecular complexity index is 692. The van der Waals surface area contributed by atoms with E-state index in [9.17, 15) is 15.0 Å². The molecule has 0 aliphatic carbocycles. The van der Waals surface area contributed by atoms with Crippen LogP contribution in [0.1, 0.15) is 55.6 Å². The van der Waals surface area contributed by atoms with Gasteiger partial charge in [-0.3, -0.25) is 0 Å². The van der Waals surface area contributed by atoms with E-state index in [0.29, 0.717) is 12.1 Å². The van der Waals surface area contributed by atoms with E-state index in [1.54, 1.807) is 6.07 Å². The number of hydrogen-bond acceptors (Lipinski definition) is 2. The highest BCUT2D eigenvalue weighted by atomic mass is 16.4. The number of aromatic carboxylic acids is 1. The average Bonchev–Trinajstić information content (AvgIpc) is 2.76. The molecule has 120 valence electrons. The zero-order valence-electron chi connectivity index (χ0n) is 13.8. The second kappa shape index (κ2) is 6.13. The molecule has 0 aliphatic heterocycles. The third-order valence-corrected chi connectivity index (χ3v) is 4.01. The molecule has 0 atom stereocenters. The Morgan fingerprint density at radius 3 is 2.45 bits per heavy atom. The lowest BCUT2D eigenvalue weighted by molar-refractivity contribution is 0.0698. The van der Waals surface area contributed by atoms with Crippen LogP contribution in [0.4, 0.5) is 0 Å². The van der Waals surface area contributed by atoms with Gasteiger partial charge in [0.25, 0.3) is 0 Å². The van der Waals surface area contributed by atoms with Gasteiger partial charge in [0.05, 0.1) is 17.7 Å². The van der Waals surface area contributed by atoms with E-state index in [2.05, 4.69) is 33.8 Å². The molecular weight excluding hydrogens is 278 g/mol. The molecule has 0 saturated heterocycles. The number of aromatic nitrogens is 1. The van der Waals surface area contributed by atoms with Gasteiger partial charge in [0.1, 0.15) is 0 Å². The van der Waals surface area contributed by atoms with Crippen molar-refractivity contribution >= 4 is 16.9 Å². The Balaban J connectivity index is 2.83. The van der Waals surface area contributed by atoms with Crippen molar-refractivity contribution in [3.63, 3.8) is 0 Å². The predicted molar refractivity (Wildman–Crippen MR) is 88.7 cm³/mol. The number of carbonyl (C=O) groups is 1. The summed E-state index contributed by atoms with van der Waals surface area (Å²) in [4.78, 5) is 11.7. The highest BCUT2D eigenvalue weighted by molar-refractivity contribution is 6.04. The minimum absolute atomic E-state index is 0.00454. The molecule has 0 bridgehead atoms. The van der Waals surface area contributed by atoms with Crippen LogP contribution in [0.25, 0.3) is 10.9 Å². The standard InChI is InChI=1S/C18H25NO3/c1-5-6-12-11-19(7-8-20)16-14(12)9-13(18(2,3)4)10-15(16)17(21)22/h9-11,20H,5-8H2,1-4H3,(H,21,22). The summed E-state index contributed by atoms with van der Waals surface area (Å²) in [5, 5.41) is 19.9. The third-order valence-electron chi connectivity index (χ3n) is 4.01. The molecule has 1 aromatic heterocycles. The summed E-state index contributed by atoms with van der Waals surface area (Å²) in [7, 11) is 0. The predicted octanol–water partition coefficient (Wildman–Crippen LogP) is 3.58. The Kier molecular flexibility index (Phi) is 4.61. The summed E-state index contributed by atoms with van der Waals surface area (Å²) in [6, 6.07) is 3.88. The maximum absolute atomic E-state index is 11.7. The molecule has 0 unspecified atom stereocenters. The van der Waals surface area contributed by atoms with Gasteiger partial charge in [-0.1, -0.05) is 34.1 Å². The SMILES string of the molecule is CCCc1cn(CCO)c2c(C(=O)O)cc(C(C)(C)C)cc12. The minimum Gasteiger partial charge on any atom is -0.478 e. The Hall–Kier alpha value is -1.81. The number of nitrogens with zero attached hydrogens (tertiary/aromatic N) is 1. The molecule has 0 fully saturated rings. The van der Waals surface area contributed by atoms with E-state index >= 15 is 0 Å². The summed E-state index contributed by atoms with van der Waals surface area (Å²) in [5.41, 5.74) is 3.10. The van der Waals surface area contributed by atoms with E-state index in [1.807, 2.05) is 10.8 Å². The van der Waals surface area contributed by atoms with Gasteiger partial charge in [0.15, 0.2) is 0 Å². The zero-order valence-corrected chi connectivity index (χ0v) is 13.8. The molecule has 2 aromatic rings. The van der Waals surface area contributed by atoms with Crippen molar-refractivity contribution in [3.8, 4) is 0 Å². The van der Waals surface area contributed by atoms with E-state index in [0.717, 1.165) is 34.9 Å². The first-order valence-electron chi connectivity index (χ1n) is 7.80. The Morgan fingerprint density at radius 1 is 1.27 bits per heavy atom. The molecule has 0 spiro atoms. The number of carboxylic acids is 1. The van der Waals surface area contributed by atoms with E-state index < -0.39 is 5.97 Å². The first kappa shape index (κ1) is 16.6. The van der Waals surface area contributed by atoms with Crippen molar-refractivity contribution in [2.75, 3.05) is 6.61 Å². The number of fused-ring (bicyclic) bond motifs is 1. The van der Waals surface area contributed by atoms with Gasteiger partial charge in [-0.2, -0.15) is 0 Å². The number of carboxylic acid groups (broad SMARTS) is 1. The summed E-state index contributed by atoms with van der Waals surface area (Å²) < 4.78 is 1.87. The molecule has 22 heavy (non-hydrogen) atoms. The van der Waals surface area contributed by atoms with Crippen molar-refractivity contribution in [3.05, 3.63) is 35.0 Å². The van der Waals surface area contributed by atoms with Gasteiger partial charge in [0.2, 0.25) is 0 Å². The van der Waals surface area contributed by atoms with Crippen LogP contribution in [-0.2, 0) is 18.4 Å². The molecule has 2 N–H and O–H groups in total. The first-order valence-corrected chi connectivity index (χ1v) is 7.80. The smallest absolute Gasteiger partial charge is 0.337 e. The van der Waals surface area contributed by atoms with Gasteiger partial charge >= 0.3 is 5.97 Å². The first-order chi connectivity index (χ1) is 10.3. The third kappa shape index (κ3) is 3.02. The fourth-order valence-corrected chi connectivity index (χ4v) is 2.86. The highest BCUT2D eigenvalue weighted by Crippen LogP contribution is 2.32. The van der Waals surface area contributed by atoms with Crippen molar-refractivity contribution in [2.45, 2.75) is 52.5 Å². The number of rotatable bonds is 5. The van der Waals surface area contributed by atoms with Gasteiger partial charge in [-0.25, -0.2) is 4.79 Å². The topological polar surface area (TPSA) is 62.5 Å². The molecule has 0 amide bonds. The van der Waals surface area contributed by atoms with Crippen LogP contribution in [0, 0.1) is 0 Å². The molecule has 0 radical (unpaired) electrons. The van der Waals surface area contributed by atoms with E-state index in [1.165, 1.54) is 0 Å². The van der Waals surface area contributed by atoms with Gasteiger partial charge in [-0.05, 0) is 35.1 Å². The van der Waals surface area contributed by atoms with Crippen molar-refractivity contribution in [2.24, 2.45) is 0 Å². The second-order valence-electron chi connectivity index (χ2n) is 6.80. The Labute approximate surface area is 131 Å². The largest absolute Gasteiger partial charge is 0.478 e. The van der Waals surface area contributed by atoms with Crippen LogP contribution in [0.15, 0.2) is 18.3 Å². The number of benzene rings is 1. The zero-order chi connectivity index (χ0) is 16.5. The lowest BCUT2D eigenvalue weighted by atomic mass is 9.84. The van der Waals surface area contributed by atoms with Crippen molar-refractivity contribution in [1.82, 2.24) is 4.57 Å². The van der Waals surface area contributed by atoms with Crippen LogP contribution in [0.5, 0.6) is 0 Å². The molecule has 4 heteroatoms. The number of hydrogen-bond donors (Lipinski definition) is 2. The van der Waals surface area contributed by atoms with Crippen molar-refractivity contribution < 1.29 is 15.0 Å². The fourth-order valence-electron chi connectivity index (χ4n) is 2.86. The van der Waals surface area contributed by atoms with Crippen molar-refractivity contribution in [1.29, 1.82) is 0 Å². The minimum atomic E-state index is -0.920. The molecule has 1 aromatic carbocycles. The van der Waals surface area contributed by atoms with Gasteiger partial charge < -0.3 is 14.8 Å². The molecule has 2 rings (SSSR count). The number of aliphatic hydroxyl groups is 1. The molecule has 4 nitrogen and oxygen atoms in total. The molecule has 0 saturated carbocycles. The quantitative estimate of drug-likeness (QED) is 0.887. The number of aryl methyl sites for hydroxylation is 1. The average molecular weight is 303 g/mol. The normalized spacial score (nSPS) is 12.0. The molecule has 1 heterocycles. The summed E-state index contributed by atoms with van der Waals surface area (Å²) in [5.74, 6) is -0.920. The lowest BCUT2D eigenvalue weighted by Gasteiger charge is -2.20. The summed E-state index contributed by atoms with van der Waals surface area (Å²) in [6.07, 6.45) is 3.89. The van der Waals surface area contributed by atoms with Crippen LogP contribution in [-0.4, -0.2) is 27.4 Å². The van der Waals surface area contributed by atoms with Crippen LogP contribution in [0.3, 0.4) is 0 Å². The van der Waals surface area contributed by atoms with E-state index in [4.69, 9.17) is 0 Å². The van der Waals surface area contributed by atoms with E-state index in [-0.39, 0.29) is 12.0 Å². The molecule has 0 aliphatic rings. The lowest BCUT2D eigenvalue weighted by Crippen LogP contribution is -2.13. The maximum atomic E-state index is 11.7. The van der Waals surface area contributed by atoms with Crippen LogP contribution in [0.2, 0.25) is 0 Å². The molecular formula is C18H25NO3. The summed E-state index contributed by atoms with van der Waals surface area (Å²) in [6.45, 7) is 8.78. The van der Waals surface area contributed by atoms with Gasteiger partial charge in [0, 0.05) is 18.1 Å².